The van der Waals surface area contributed by atoms with Crippen LogP contribution in [0.15, 0.2) is 42.5 Å². The Bertz CT molecular complexity index is 740. The van der Waals surface area contributed by atoms with E-state index in [4.69, 9.17) is 9.47 Å². The number of aliphatic hydroxyl groups excluding tert-OH is 1. The Morgan fingerprint density at radius 1 is 1.04 bits per heavy atom. The lowest BCUT2D eigenvalue weighted by molar-refractivity contribution is -0.244. The molecule has 0 amide bonds. The van der Waals surface area contributed by atoms with Gasteiger partial charge in [-0.25, -0.2) is 0 Å². The van der Waals surface area contributed by atoms with Crippen LogP contribution in [0.3, 0.4) is 0 Å². The van der Waals surface area contributed by atoms with Crippen LogP contribution < -0.4 is 0 Å². The lowest BCUT2D eigenvalue weighted by atomic mass is 9.92. The van der Waals surface area contributed by atoms with Crippen molar-refractivity contribution in [2.75, 3.05) is 0 Å². The van der Waals surface area contributed by atoms with E-state index in [0.29, 0.717) is 0 Å². The van der Waals surface area contributed by atoms with Gasteiger partial charge in [0.25, 0.3) is 5.79 Å². The topological polar surface area (TPSA) is 72.8 Å². The molecule has 1 heterocycles. The molecule has 0 aromatic heterocycles. The summed E-state index contributed by atoms with van der Waals surface area (Å²) >= 11 is 0. The molecule has 0 aliphatic carbocycles. The highest BCUT2D eigenvalue weighted by molar-refractivity contribution is 5.97. The zero-order chi connectivity index (χ0) is 16.6. The fourth-order valence-corrected chi connectivity index (χ4v) is 2.86. The van der Waals surface area contributed by atoms with Crippen LogP contribution in [0.25, 0.3) is 10.8 Å². The van der Waals surface area contributed by atoms with Crippen LogP contribution in [0.1, 0.15) is 19.4 Å². The van der Waals surface area contributed by atoms with E-state index < -0.39 is 29.7 Å². The second kappa shape index (κ2) is 5.66. The van der Waals surface area contributed by atoms with Gasteiger partial charge in [-0.2, -0.15) is 0 Å². The number of fused-ring (bicyclic) bond motifs is 1. The summed E-state index contributed by atoms with van der Waals surface area (Å²) in [6.45, 7) is 2.96. The zero-order valence-electron chi connectivity index (χ0n) is 13.0. The predicted octanol–water partition coefficient (Wildman–Crippen LogP) is 2.20. The molecule has 0 saturated carbocycles. The number of carbonyl (C=O) groups excluding carboxylic acids is 2. The number of aliphatic hydroxyl groups is 1. The molecule has 0 bridgehead atoms. The van der Waals surface area contributed by atoms with Crippen LogP contribution in [-0.2, 0) is 25.5 Å². The Hall–Kier alpha value is -2.40. The Balaban J connectivity index is 1.85. The minimum atomic E-state index is -1.32. The van der Waals surface area contributed by atoms with Crippen LogP contribution in [0.5, 0.6) is 0 Å². The van der Waals surface area contributed by atoms with E-state index in [1.54, 1.807) is 0 Å². The van der Waals surface area contributed by atoms with Crippen molar-refractivity contribution in [1.29, 1.82) is 0 Å². The van der Waals surface area contributed by atoms with Crippen molar-refractivity contribution in [3.63, 3.8) is 0 Å². The average Bonchev–Trinajstić information content (AvgIpc) is 2.45. The van der Waals surface area contributed by atoms with Crippen molar-refractivity contribution >= 4 is 22.7 Å². The molecule has 0 spiro atoms. The molecule has 1 aliphatic heterocycles. The number of rotatable bonds is 3. The van der Waals surface area contributed by atoms with Crippen molar-refractivity contribution in [2.45, 2.75) is 32.2 Å². The number of hydrogen-bond donors (Lipinski definition) is 1. The average molecular weight is 314 g/mol. The zero-order valence-corrected chi connectivity index (χ0v) is 13.0. The first kappa shape index (κ1) is 15.5. The molecule has 120 valence electrons. The number of benzene rings is 2. The van der Waals surface area contributed by atoms with Crippen LogP contribution in [-0.4, -0.2) is 28.9 Å². The summed E-state index contributed by atoms with van der Waals surface area (Å²) in [6, 6.07) is 13.5. The first-order chi connectivity index (χ1) is 10.9. The summed E-state index contributed by atoms with van der Waals surface area (Å²) in [6.07, 6.45) is -1.03. The minimum absolute atomic E-state index is 0.163. The normalized spacial score (nSPS) is 19.3. The van der Waals surface area contributed by atoms with Gasteiger partial charge in [-0.3, -0.25) is 9.59 Å². The van der Waals surface area contributed by atoms with Crippen LogP contribution in [0.4, 0.5) is 0 Å². The van der Waals surface area contributed by atoms with E-state index in [0.717, 1.165) is 16.3 Å². The molecule has 1 unspecified atom stereocenters. The van der Waals surface area contributed by atoms with Crippen molar-refractivity contribution in [2.24, 2.45) is 5.92 Å². The lowest BCUT2D eigenvalue weighted by Crippen LogP contribution is -2.50. The van der Waals surface area contributed by atoms with Gasteiger partial charge in [0, 0.05) is 20.3 Å². The Morgan fingerprint density at radius 2 is 1.65 bits per heavy atom. The highest BCUT2D eigenvalue weighted by atomic mass is 16.7. The van der Waals surface area contributed by atoms with E-state index >= 15 is 0 Å². The van der Waals surface area contributed by atoms with Gasteiger partial charge in [-0.05, 0) is 16.3 Å². The van der Waals surface area contributed by atoms with Gasteiger partial charge in [0.1, 0.15) is 0 Å². The molecule has 0 radical (unpaired) electrons. The molecular formula is C18H18O5. The molecule has 1 saturated heterocycles. The van der Waals surface area contributed by atoms with E-state index in [9.17, 15) is 14.7 Å². The van der Waals surface area contributed by atoms with Crippen molar-refractivity contribution in [1.82, 2.24) is 0 Å². The molecule has 1 N–H and O–H groups in total. The Labute approximate surface area is 133 Å². The largest absolute Gasteiger partial charge is 0.422 e. The number of esters is 2. The molecule has 1 atom stereocenters. The fraction of sp³-hybridized carbons (Fsp3) is 0.333. The van der Waals surface area contributed by atoms with Gasteiger partial charge in [-0.1, -0.05) is 42.5 Å². The third-order valence-corrected chi connectivity index (χ3v) is 3.89. The van der Waals surface area contributed by atoms with Gasteiger partial charge in [0.05, 0.1) is 6.10 Å². The number of hydrogen-bond acceptors (Lipinski definition) is 5. The Kier molecular flexibility index (Phi) is 3.82. The maximum Gasteiger partial charge on any atom is 0.326 e. The van der Waals surface area contributed by atoms with Gasteiger partial charge >= 0.3 is 11.9 Å². The first-order valence-electron chi connectivity index (χ1n) is 7.48. The lowest BCUT2D eigenvalue weighted by Gasteiger charge is -2.34. The molecule has 2 aromatic carbocycles. The predicted molar refractivity (Wildman–Crippen MR) is 83.4 cm³/mol. The summed E-state index contributed by atoms with van der Waals surface area (Å²) in [7, 11) is 0. The van der Waals surface area contributed by atoms with Gasteiger partial charge in [0.2, 0.25) is 0 Å². The van der Waals surface area contributed by atoms with E-state index in [1.165, 1.54) is 13.8 Å². The summed E-state index contributed by atoms with van der Waals surface area (Å²) in [4.78, 5) is 24.1. The summed E-state index contributed by atoms with van der Waals surface area (Å²) in [5.41, 5.74) is 0.862. The molecule has 1 fully saturated rings. The number of cyclic esters (lactones) is 2. The monoisotopic (exact) mass is 314 g/mol. The second-order valence-electron chi connectivity index (χ2n) is 6.13. The van der Waals surface area contributed by atoms with Crippen LogP contribution in [0, 0.1) is 5.92 Å². The van der Waals surface area contributed by atoms with E-state index in [-0.39, 0.29) is 6.42 Å². The summed E-state index contributed by atoms with van der Waals surface area (Å²) in [5, 5.41) is 12.4. The third kappa shape index (κ3) is 3.05. The molecule has 5 heteroatoms. The van der Waals surface area contributed by atoms with Crippen molar-refractivity contribution < 1.29 is 24.2 Å². The van der Waals surface area contributed by atoms with Gasteiger partial charge in [-0.15, -0.1) is 0 Å². The SMILES string of the molecule is CC1(C)OC(=O)C(C(O)Cc2cccc3ccccc23)C(=O)O1. The number of carbonyl (C=O) groups is 2. The second-order valence-corrected chi connectivity index (χ2v) is 6.13. The maximum absolute atomic E-state index is 12.0. The van der Waals surface area contributed by atoms with E-state index in [1.807, 2.05) is 42.5 Å². The first-order valence-corrected chi connectivity index (χ1v) is 7.48. The molecule has 5 nitrogen and oxygen atoms in total. The fourth-order valence-electron chi connectivity index (χ4n) is 2.86. The highest BCUT2D eigenvalue weighted by Crippen LogP contribution is 2.28. The van der Waals surface area contributed by atoms with Gasteiger partial charge in [0.15, 0.2) is 5.92 Å². The molecule has 1 aliphatic rings. The summed E-state index contributed by atoms with van der Waals surface area (Å²) < 4.78 is 10.1. The molecule has 3 rings (SSSR count). The summed E-state index contributed by atoms with van der Waals surface area (Å²) in [5.74, 6) is -4.11. The van der Waals surface area contributed by atoms with Crippen molar-refractivity contribution in [3.05, 3.63) is 48.0 Å². The quantitative estimate of drug-likeness (QED) is 0.694. The van der Waals surface area contributed by atoms with Crippen molar-refractivity contribution in [3.8, 4) is 0 Å². The highest BCUT2D eigenvalue weighted by Gasteiger charge is 2.46. The maximum atomic E-state index is 12.0. The molecule has 23 heavy (non-hydrogen) atoms. The molecule has 2 aromatic rings. The van der Waals surface area contributed by atoms with Crippen LogP contribution in [0.2, 0.25) is 0 Å². The smallest absolute Gasteiger partial charge is 0.326 e. The van der Waals surface area contributed by atoms with Gasteiger partial charge < -0.3 is 14.6 Å². The van der Waals surface area contributed by atoms with E-state index in [2.05, 4.69) is 0 Å². The minimum Gasteiger partial charge on any atom is -0.422 e. The van der Waals surface area contributed by atoms with Crippen LogP contribution >= 0.6 is 0 Å². The standard InChI is InChI=1S/C18H18O5/c1-18(2)22-16(20)15(17(21)23-18)14(19)10-12-8-5-7-11-6-3-4-9-13(11)12/h3-9,14-15,19H,10H2,1-2H3. The molecular weight excluding hydrogens is 296 g/mol. The third-order valence-electron chi connectivity index (χ3n) is 3.89. The Morgan fingerprint density at radius 3 is 2.35 bits per heavy atom. The number of ether oxygens (including phenoxy) is 2.